The maximum absolute atomic E-state index is 10.4. The first-order valence-electron chi connectivity index (χ1n) is 7.81. The largest absolute Gasteiger partial charge is 0.508 e. The number of nitrogens with zero attached hydrogens (tertiary/aromatic N) is 2. The average Bonchev–Trinajstić information content (AvgIpc) is 2.57. The van der Waals surface area contributed by atoms with Crippen molar-refractivity contribution in [1.82, 2.24) is 4.90 Å². The van der Waals surface area contributed by atoms with E-state index in [1.165, 1.54) is 0 Å². The Balaban J connectivity index is 2.06. The molecule has 0 aliphatic heterocycles. The molecule has 2 aromatic carbocycles. The lowest BCUT2D eigenvalue weighted by atomic mass is 10.1. The summed E-state index contributed by atoms with van der Waals surface area (Å²) in [7, 11) is 0. The first kappa shape index (κ1) is 17.0. The zero-order valence-corrected chi connectivity index (χ0v) is 13.3. The summed E-state index contributed by atoms with van der Waals surface area (Å²) in [6.45, 7) is 4.00. The third-order valence-electron chi connectivity index (χ3n) is 3.78. The van der Waals surface area contributed by atoms with Crippen LogP contribution in [0.1, 0.15) is 36.1 Å². The van der Waals surface area contributed by atoms with Crippen LogP contribution in [0.5, 0.6) is 5.75 Å². The van der Waals surface area contributed by atoms with Gasteiger partial charge in [0, 0.05) is 18.7 Å². The summed E-state index contributed by atoms with van der Waals surface area (Å²) in [5.74, 6) is 0.279. The fraction of sp³-hybridized carbons (Fsp3) is 0.316. The lowest BCUT2D eigenvalue weighted by Gasteiger charge is -2.25. The van der Waals surface area contributed by atoms with Crippen molar-refractivity contribution in [3.8, 4) is 11.8 Å². The fourth-order valence-corrected chi connectivity index (χ4v) is 2.57. The molecule has 2 aromatic rings. The molecule has 1 atom stereocenters. The summed E-state index contributed by atoms with van der Waals surface area (Å²) in [5.41, 5.74) is 2.23. The molecule has 23 heavy (non-hydrogen) atoms. The van der Waals surface area contributed by atoms with Crippen LogP contribution in [-0.4, -0.2) is 28.2 Å². The third kappa shape index (κ3) is 4.82. The highest BCUT2D eigenvalue weighted by atomic mass is 16.3. The van der Waals surface area contributed by atoms with Crippen molar-refractivity contribution in [3.05, 3.63) is 65.2 Å². The van der Waals surface area contributed by atoms with Crippen LogP contribution in [0.3, 0.4) is 0 Å². The van der Waals surface area contributed by atoms with E-state index in [-0.39, 0.29) is 5.75 Å². The summed E-state index contributed by atoms with van der Waals surface area (Å²) >= 11 is 0. The van der Waals surface area contributed by atoms with Gasteiger partial charge in [-0.2, -0.15) is 5.26 Å². The van der Waals surface area contributed by atoms with Crippen LogP contribution in [0.2, 0.25) is 0 Å². The molecule has 2 rings (SSSR count). The molecule has 4 heteroatoms. The Bertz CT molecular complexity index is 662. The van der Waals surface area contributed by atoms with Crippen molar-refractivity contribution < 1.29 is 10.2 Å². The summed E-state index contributed by atoms with van der Waals surface area (Å²) in [6, 6.07) is 16.3. The van der Waals surface area contributed by atoms with Crippen LogP contribution in [0.25, 0.3) is 0 Å². The van der Waals surface area contributed by atoms with E-state index >= 15 is 0 Å². The normalized spacial score (nSPS) is 12.1. The number of hydrogen-bond acceptors (Lipinski definition) is 4. The molecule has 0 saturated heterocycles. The van der Waals surface area contributed by atoms with E-state index in [0.29, 0.717) is 18.7 Å². The Morgan fingerprint density at radius 2 is 1.83 bits per heavy atom. The van der Waals surface area contributed by atoms with E-state index < -0.39 is 6.10 Å². The predicted molar refractivity (Wildman–Crippen MR) is 89.8 cm³/mol. The number of nitriles is 1. The van der Waals surface area contributed by atoms with E-state index in [9.17, 15) is 10.2 Å². The maximum Gasteiger partial charge on any atom is 0.120 e. The second kappa shape index (κ2) is 8.33. The molecule has 1 unspecified atom stereocenters. The molecule has 0 aromatic heterocycles. The molecular formula is C19H22N2O2. The molecule has 0 bridgehead atoms. The van der Waals surface area contributed by atoms with E-state index in [2.05, 4.69) is 17.9 Å². The van der Waals surface area contributed by atoms with Gasteiger partial charge in [-0.25, -0.2) is 0 Å². The smallest absolute Gasteiger partial charge is 0.120 e. The number of phenols is 1. The molecule has 120 valence electrons. The highest BCUT2D eigenvalue weighted by molar-refractivity contribution is 5.33. The van der Waals surface area contributed by atoms with Gasteiger partial charge < -0.3 is 10.2 Å². The number of benzene rings is 2. The minimum atomic E-state index is -0.625. The van der Waals surface area contributed by atoms with Crippen LogP contribution >= 0.6 is 0 Å². The number of phenolic OH excluding ortho intramolecular Hbond substituents is 1. The van der Waals surface area contributed by atoms with Crippen molar-refractivity contribution >= 4 is 0 Å². The Kier molecular flexibility index (Phi) is 6.16. The molecule has 2 N–H and O–H groups in total. The van der Waals surface area contributed by atoms with E-state index in [0.717, 1.165) is 24.1 Å². The van der Waals surface area contributed by atoms with E-state index in [1.807, 2.05) is 12.1 Å². The first-order chi connectivity index (χ1) is 11.1. The van der Waals surface area contributed by atoms with Crippen molar-refractivity contribution in [3.63, 3.8) is 0 Å². The van der Waals surface area contributed by atoms with E-state index in [4.69, 9.17) is 5.26 Å². The Morgan fingerprint density at radius 1 is 1.13 bits per heavy atom. The molecule has 0 fully saturated rings. The molecular weight excluding hydrogens is 288 g/mol. The predicted octanol–water partition coefficient (Wildman–Crippen LogP) is 3.21. The van der Waals surface area contributed by atoms with Crippen molar-refractivity contribution in [1.29, 1.82) is 5.26 Å². The summed E-state index contributed by atoms with van der Waals surface area (Å²) in [4.78, 5) is 2.12. The molecule has 0 saturated carbocycles. The van der Waals surface area contributed by atoms with Crippen LogP contribution in [0, 0.1) is 11.3 Å². The highest BCUT2D eigenvalue weighted by Gasteiger charge is 2.15. The number of aliphatic hydroxyl groups is 1. The Hall–Kier alpha value is -2.35. The molecule has 0 heterocycles. The average molecular weight is 310 g/mol. The van der Waals surface area contributed by atoms with Gasteiger partial charge >= 0.3 is 0 Å². The number of rotatable bonds is 7. The zero-order valence-electron chi connectivity index (χ0n) is 13.3. The van der Waals surface area contributed by atoms with E-state index in [1.54, 1.807) is 36.4 Å². The van der Waals surface area contributed by atoms with Gasteiger partial charge in [-0.1, -0.05) is 37.3 Å². The second-order valence-corrected chi connectivity index (χ2v) is 5.61. The first-order valence-corrected chi connectivity index (χ1v) is 7.81. The van der Waals surface area contributed by atoms with Crippen LogP contribution in [0.15, 0.2) is 48.5 Å². The topological polar surface area (TPSA) is 67.5 Å². The van der Waals surface area contributed by atoms with Gasteiger partial charge in [0.1, 0.15) is 5.75 Å². The second-order valence-electron chi connectivity index (χ2n) is 5.61. The highest BCUT2D eigenvalue weighted by Crippen LogP contribution is 2.21. The molecule has 0 aliphatic rings. The molecule has 0 aliphatic carbocycles. The summed E-state index contributed by atoms with van der Waals surface area (Å²) in [6.07, 6.45) is 0.341. The standard InChI is InChI=1S/C19H22N2O2/c1-2-11-21(13-17-5-3-4-6-18(17)22)14-19(23)16-9-7-15(12-20)8-10-16/h3-10,19,22-23H,2,11,13-14H2,1H3. The molecule has 0 spiro atoms. The van der Waals surface area contributed by atoms with Crippen molar-refractivity contribution in [2.75, 3.05) is 13.1 Å². The van der Waals surface area contributed by atoms with Gasteiger partial charge in [-0.3, -0.25) is 4.90 Å². The lowest BCUT2D eigenvalue weighted by molar-refractivity contribution is 0.108. The number of para-hydroxylation sites is 1. The molecule has 0 radical (unpaired) electrons. The lowest BCUT2D eigenvalue weighted by Crippen LogP contribution is -2.29. The van der Waals surface area contributed by atoms with Gasteiger partial charge in [0.15, 0.2) is 0 Å². The van der Waals surface area contributed by atoms with Gasteiger partial charge in [-0.15, -0.1) is 0 Å². The van der Waals surface area contributed by atoms with Crippen molar-refractivity contribution in [2.45, 2.75) is 26.0 Å². The van der Waals surface area contributed by atoms with Crippen LogP contribution in [0.4, 0.5) is 0 Å². The van der Waals surface area contributed by atoms with Crippen LogP contribution < -0.4 is 0 Å². The van der Waals surface area contributed by atoms with Crippen LogP contribution in [-0.2, 0) is 6.54 Å². The quantitative estimate of drug-likeness (QED) is 0.824. The Labute approximate surface area is 137 Å². The van der Waals surface area contributed by atoms with Crippen molar-refractivity contribution in [2.24, 2.45) is 0 Å². The van der Waals surface area contributed by atoms with Gasteiger partial charge in [0.2, 0.25) is 0 Å². The number of aliphatic hydroxyl groups excluding tert-OH is 1. The Morgan fingerprint density at radius 3 is 2.43 bits per heavy atom. The minimum Gasteiger partial charge on any atom is -0.508 e. The SMILES string of the molecule is CCCN(Cc1ccccc1O)CC(O)c1ccc(C#N)cc1. The van der Waals surface area contributed by atoms with Gasteiger partial charge in [-0.05, 0) is 36.7 Å². The number of aromatic hydroxyl groups is 1. The summed E-state index contributed by atoms with van der Waals surface area (Å²) < 4.78 is 0. The summed E-state index contributed by atoms with van der Waals surface area (Å²) in [5, 5.41) is 29.2. The third-order valence-corrected chi connectivity index (χ3v) is 3.78. The van der Waals surface area contributed by atoms with Gasteiger partial charge in [0.05, 0.1) is 17.7 Å². The molecule has 0 amide bonds. The maximum atomic E-state index is 10.4. The monoisotopic (exact) mass is 310 g/mol. The molecule has 4 nitrogen and oxygen atoms in total. The fourth-order valence-electron chi connectivity index (χ4n) is 2.57. The number of hydrogen-bond donors (Lipinski definition) is 2. The zero-order chi connectivity index (χ0) is 16.7. The van der Waals surface area contributed by atoms with Gasteiger partial charge in [0.25, 0.3) is 0 Å². The minimum absolute atomic E-state index is 0.279.